The molecule has 0 aliphatic heterocycles. The van der Waals surface area contributed by atoms with E-state index in [1.165, 1.54) is 6.07 Å². The lowest BCUT2D eigenvalue weighted by atomic mass is 10.2. The Balaban J connectivity index is 2.28. The number of hydrogen-bond donors (Lipinski definition) is 1. The van der Waals surface area contributed by atoms with Gasteiger partial charge in [0.1, 0.15) is 11.5 Å². The minimum Gasteiger partial charge on any atom is -0.375 e. The SMILES string of the molecule is CS(=O)(=O)C1CCCC1Nc1ccc(F)cc1[N+](=O)[O-]. The highest BCUT2D eigenvalue weighted by Crippen LogP contribution is 2.32. The molecule has 1 aromatic carbocycles. The molecule has 1 aliphatic carbocycles. The summed E-state index contributed by atoms with van der Waals surface area (Å²) in [6.45, 7) is 0. The maximum atomic E-state index is 13.1. The monoisotopic (exact) mass is 302 g/mol. The number of nitrogens with one attached hydrogen (secondary N) is 1. The van der Waals surface area contributed by atoms with Crippen molar-refractivity contribution in [3.63, 3.8) is 0 Å². The van der Waals surface area contributed by atoms with Gasteiger partial charge in [0.05, 0.1) is 16.2 Å². The molecule has 1 aliphatic rings. The third kappa shape index (κ3) is 3.06. The lowest BCUT2D eigenvalue weighted by Gasteiger charge is -2.20. The predicted molar refractivity (Wildman–Crippen MR) is 72.9 cm³/mol. The summed E-state index contributed by atoms with van der Waals surface area (Å²) in [6, 6.07) is 2.83. The van der Waals surface area contributed by atoms with Gasteiger partial charge in [-0.25, -0.2) is 12.8 Å². The number of benzene rings is 1. The van der Waals surface area contributed by atoms with Crippen molar-refractivity contribution in [1.29, 1.82) is 0 Å². The van der Waals surface area contributed by atoms with Gasteiger partial charge in [-0.15, -0.1) is 0 Å². The highest BCUT2D eigenvalue weighted by atomic mass is 32.2. The van der Waals surface area contributed by atoms with E-state index in [4.69, 9.17) is 0 Å². The van der Waals surface area contributed by atoms with E-state index in [2.05, 4.69) is 5.32 Å². The van der Waals surface area contributed by atoms with Crippen LogP contribution < -0.4 is 5.32 Å². The molecule has 0 amide bonds. The van der Waals surface area contributed by atoms with E-state index in [9.17, 15) is 22.9 Å². The Kier molecular flexibility index (Phi) is 3.94. The molecule has 20 heavy (non-hydrogen) atoms. The minimum atomic E-state index is -3.22. The van der Waals surface area contributed by atoms with Crippen LogP contribution >= 0.6 is 0 Å². The number of rotatable bonds is 4. The van der Waals surface area contributed by atoms with E-state index in [-0.39, 0.29) is 17.4 Å². The van der Waals surface area contributed by atoms with Crippen molar-refractivity contribution in [2.24, 2.45) is 0 Å². The van der Waals surface area contributed by atoms with Crippen LogP contribution in [-0.4, -0.2) is 30.9 Å². The Labute approximate surface area is 116 Å². The molecule has 1 aromatic rings. The molecule has 0 aromatic heterocycles. The van der Waals surface area contributed by atoms with Gasteiger partial charge < -0.3 is 5.32 Å². The summed E-state index contributed by atoms with van der Waals surface area (Å²) in [7, 11) is -3.22. The fourth-order valence-corrected chi connectivity index (χ4v) is 3.98. The van der Waals surface area contributed by atoms with Crippen LogP contribution in [0.4, 0.5) is 15.8 Å². The first kappa shape index (κ1) is 14.7. The number of sulfone groups is 1. The number of anilines is 1. The Bertz CT molecular complexity index is 632. The number of hydrogen-bond acceptors (Lipinski definition) is 5. The molecular formula is C12H15FN2O4S. The van der Waals surface area contributed by atoms with E-state index < -0.39 is 25.8 Å². The van der Waals surface area contributed by atoms with Gasteiger partial charge in [-0.05, 0) is 31.4 Å². The second-order valence-electron chi connectivity index (χ2n) is 4.97. The average molecular weight is 302 g/mol. The fraction of sp³-hybridized carbons (Fsp3) is 0.500. The highest BCUT2D eigenvalue weighted by molar-refractivity contribution is 7.91. The van der Waals surface area contributed by atoms with Crippen LogP contribution in [0.1, 0.15) is 19.3 Å². The zero-order valence-electron chi connectivity index (χ0n) is 10.9. The molecule has 0 radical (unpaired) electrons. The molecule has 0 saturated heterocycles. The van der Waals surface area contributed by atoms with Crippen LogP contribution in [0.3, 0.4) is 0 Å². The van der Waals surface area contributed by atoms with Gasteiger partial charge in [0.25, 0.3) is 5.69 Å². The first-order valence-electron chi connectivity index (χ1n) is 6.18. The molecule has 110 valence electrons. The van der Waals surface area contributed by atoms with Crippen LogP contribution in [0.25, 0.3) is 0 Å². The van der Waals surface area contributed by atoms with Gasteiger partial charge in [0.15, 0.2) is 9.84 Å². The lowest BCUT2D eigenvalue weighted by Crippen LogP contribution is -2.34. The Morgan fingerprint density at radius 1 is 1.40 bits per heavy atom. The molecule has 0 heterocycles. The lowest BCUT2D eigenvalue weighted by molar-refractivity contribution is -0.384. The number of halogens is 1. The van der Waals surface area contributed by atoms with Crippen molar-refractivity contribution in [3.05, 3.63) is 34.1 Å². The van der Waals surface area contributed by atoms with Crippen molar-refractivity contribution in [3.8, 4) is 0 Å². The summed E-state index contributed by atoms with van der Waals surface area (Å²) in [5.74, 6) is -0.701. The third-order valence-corrected chi connectivity index (χ3v) is 5.16. The number of nitrogens with zero attached hydrogens (tertiary/aromatic N) is 1. The van der Waals surface area contributed by atoms with Gasteiger partial charge in [0.2, 0.25) is 0 Å². The summed E-state index contributed by atoms with van der Waals surface area (Å²) >= 11 is 0. The molecule has 2 rings (SSSR count). The molecule has 0 spiro atoms. The van der Waals surface area contributed by atoms with Gasteiger partial charge in [-0.3, -0.25) is 10.1 Å². The molecule has 6 nitrogen and oxygen atoms in total. The van der Waals surface area contributed by atoms with Crippen LogP contribution in [-0.2, 0) is 9.84 Å². The second-order valence-corrected chi connectivity index (χ2v) is 7.23. The van der Waals surface area contributed by atoms with Gasteiger partial charge in [0, 0.05) is 12.3 Å². The topological polar surface area (TPSA) is 89.3 Å². The Morgan fingerprint density at radius 2 is 2.10 bits per heavy atom. The third-order valence-electron chi connectivity index (χ3n) is 3.50. The largest absolute Gasteiger partial charge is 0.375 e. The molecule has 1 saturated carbocycles. The zero-order valence-corrected chi connectivity index (χ0v) is 11.7. The summed E-state index contributed by atoms with van der Waals surface area (Å²) in [6.07, 6.45) is 3.05. The fourth-order valence-electron chi connectivity index (χ4n) is 2.58. The van der Waals surface area contributed by atoms with E-state index in [0.717, 1.165) is 24.8 Å². The van der Waals surface area contributed by atoms with Crippen molar-refractivity contribution >= 4 is 21.2 Å². The van der Waals surface area contributed by atoms with Crippen molar-refractivity contribution in [2.45, 2.75) is 30.6 Å². The molecule has 1 fully saturated rings. The van der Waals surface area contributed by atoms with E-state index in [1.807, 2.05) is 0 Å². The summed E-state index contributed by atoms with van der Waals surface area (Å²) < 4.78 is 36.4. The first-order valence-corrected chi connectivity index (χ1v) is 8.14. The van der Waals surface area contributed by atoms with Gasteiger partial charge >= 0.3 is 0 Å². The maximum absolute atomic E-state index is 13.1. The molecule has 8 heteroatoms. The standard InChI is InChI=1S/C12H15FN2O4S/c1-20(18,19)12-4-2-3-10(12)14-9-6-5-8(13)7-11(9)15(16)17/h5-7,10,12,14H,2-4H2,1H3. The Morgan fingerprint density at radius 3 is 2.70 bits per heavy atom. The Hall–Kier alpha value is -1.70. The molecule has 1 N–H and O–H groups in total. The molecule has 0 bridgehead atoms. The minimum absolute atomic E-state index is 0.150. The van der Waals surface area contributed by atoms with E-state index in [1.54, 1.807) is 0 Å². The van der Waals surface area contributed by atoms with Crippen molar-refractivity contribution < 1.29 is 17.7 Å². The summed E-state index contributed by atoms with van der Waals surface area (Å²) in [5.41, 5.74) is -0.235. The maximum Gasteiger partial charge on any atom is 0.295 e. The predicted octanol–water partition coefficient (Wildman–Crippen LogP) is 2.11. The molecule has 2 unspecified atom stereocenters. The van der Waals surface area contributed by atoms with Crippen LogP contribution in [0.5, 0.6) is 0 Å². The van der Waals surface area contributed by atoms with Crippen LogP contribution in [0.15, 0.2) is 18.2 Å². The second kappa shape index (κ2) is 5.35. The zero-order chi connectivity index (χ0) is 14.9. The van der Waals surface area contributed by atoms with Crippen LogP contribution in [0.2, 0.25) is 0 Å². The summed E-state index contributed by atoms with van der Waals surface area (Å²) in [5, 5.41) is 13.2. The smallest absolute Gasteiger partial charge is 0.295 e. The quantitative estimate of drug-likeness (QED) is 0.679. The van der Waals surface area contributed by atoms with Crippen LogP contribution in [0, 0.1) is 15.9 Å². The summed E-state index contributed by atoms with van der Waals surface area (Å²) in [4.78, 5) is 10.2. The number of nitro groups is 1. The number of nitro benzene ring substituents is 1. The normalized spacial score (nSPS) is 22.7. The molecular weight excluding hydrogens is 287 g/mol. The first-order chi connectivity index (χ1) is 9.29. The molecule has 2 atom stereocenters. The van der Waals surface area contributed by atoms with E-state index >= 15 is 0 Å². The highest BCUT2D eigenvalue weighted by Gasteiger charge is 2.35. The van der Waals surface area contributed by atoms with E-state index in [0.29, 0.717) is 12.8 Å². The van der Waals surface area contributed by atoms with Gasteiger partial charge in [-0.1, -0.05) is 0 Å². The van der Waals surface area contributed by atoms with Crippen molar-refractivity contribution in [1.82, 2.24) is 0 Å². The average Bonchev–Trinajstić information content (AvgIpc) is 2.79. The van der Waals surface area contributed by atoms with Gasteiger partial charge in [-0.2, -0.15) is 0 Å². The van der Waals surface area contributed by atoms with Crippen molar-refractivity contribution in [2.75, 3.05) is 11.6 Å².